The van der Waals surface area contributed by atoms with Gasteiger partial charge in [0.2, 0.25) is 0 Å². The van der Waals surface area contributed by atoms with Crippen LogP contribution >= 0.6 is 0 Å². The summed E-state index contributed by atoms with van der Waals surface area (Å²) in [5.74, 6) is 1.64. The molecule has 0 aliphatic carbocycles. The van der Waals surface area contributed by atoms with Crippen molar-refractivity contribution in [1.29, 1.82) is 0 Å². The summed E-state index contributed by atoms with van der Waals surface area (Å²) < 4.78 is 53.9. The van der Waals surface area contributed by atoms with Crippen LogP contribution in [0.3, 0.4) is 0 Å². The molecule has 3 aromatic carbocycles. The molecule has 0 radical (unpaired) electrons. The van der Waals surface area contributed by atoms with E-state index in [9.17, 15) is 18.0 Å². The van der Waals surface area contributed by atoms with Gasteiger partial charge in [-0.05, 0) is 72.9 Å². The van der Waals surface area contributed by atoms with Crippen molar-refractivity contribution in [3.8, 4) is 23.0 Å². The predicted octanol–water partition coefficient (Wildman–Crippen LogP) is 4.28. The summed E-state index contributed by atoms with van der Waals surface area (Å²) in [6, 6.07) is 20.5. The SMILES string of the molecule is COc1ccc(OC)c(S(=O)(=O)Nc2cc(C(=O)NCCc3ccc(OC)c(OC)c3)ccc2N2CC3CC(C2)c2cccc(=O)n2C3)c1. The van der Waals surface area contributed by atoms with Gasteiger partial charge >= 0.3 is 0 Å². The smallest absolute Gasteiger partial charge is 0.265 e. The van der Waals surface area contributed by atoms with Crippen molar-refractivity contribution in [2.45, 2.75) is 30.2 Å². The molecule has 0 spiro atoms. The normalized spacial score (nSPS) is 16.7. The molecule has 13 heteroatoms. The minimum atomic E-state index is -4.21. The van der Waals surface area contributed by atoms with Crippen LogP contribution in [-0.2, 0) is 23.0 Å². The Bertz CT molecular complexity index is 2030. The number of piperidine rings is 1. The summed E-state index contributed by atoms with van der Waals surface area (Å²) in [7, 11) is 1.78. The molecule has 2 N–H and O–H groups in total. The highest BCUT2D eigenvalue weighted by Gasteiger charge is 2.36. The molecule has 2 aliphatic heterocycles. The first-order valence-electron chi connectivity index (χ1n) is 16.0. The van der Waals surface area contributed by atoms with E-state index in [-0.39, 0.29) is 39.6 Å². The molecule has 12 nitrogen and oxygen atoms in total. The van der Waals surface area contributed by atoms with Crippen molar-refractivity contribution in [3.05, 3.63) is 100.0 Å². The van der Waals surface area contributed by atoms with Crippen molar-refractivity contribution in [2.75, 3.05) is 57.7 Å². The van der Waals surface area contributed by atoms with E-state index in [4.69, 9.17) is 18.9 Å². The molecule has 258 valence electrons. The van der Waals surface area contributed by atoms with Gasteiger partial charge < -0.3 is 33.7 Å². The van der Waals surface area contributed by atoms with E-state index in [1.165, 1.54) is 26.4 Å². The molecule has 2 bridgehead atoms. The molecular weight excluding hydrogens is 648 g/mol. The first-order valence-corrected chi connectivity index (χ1v) is 17.4. The molecule has 1 amide bonds. The number of nitrogens with one attached hydrogen (secondary N) is 2. The lowest BCUT2D eigenvalue weighted by atomic mass is 9.83. The van der Waals surface area contributed by atoms with E-state index >= 15 is 0 Å². The van der Waals surface area contributed by atoms with E-state index < -0.39 is 10.0 Å². The van der Waals surface area contributed by atoms with Crippen LogP contribution in [0.2, 0.25) is 0 Å². The van der Waals surface area contributed by atoms with Crippen LogP contribution in [0.4, 0.5) is 11.4 Å². The number of pyridine rings is 1. The van der Waals surface area contributed by atoms with E-state index in [0.29, 0.717) is 61.1 Å². The second-order valence-electron chi connectivity index (χ2n) is 12.2. The van der Waals surface area contributed by atoms with Crippen molar-refractivity contribution >= 4 is 27.3 Å². The minimum Gasteiger partial charge on any atom is -0.497 e. The zero-order valence-electron chi connectivity index (χ0n) is 27.9. The third kappa shape index (κ3) is 7.02. The summed E-state index contributed by atoms with van der Waals surface area (Å²) in [4.78, 5) is 28.1. The minimum absolute atomic E-state index is 0.0113. The summed E-state index contributed by atoms with van der Waals surface area (Å²) >= 11 is 0. The van der Waals surface area contributed by atoms with Crippen LogP contribution in [0.5, 0.6) is 23.0 Å². The molecule has 0 saturated carbocycles. The number of hydrogen-bond acceptors (Lipinski definition) is 9. The van der Waals surface area contributed by atoms with Crippen molar-refractivity contribution in [3.63, 3.8) is 0 Å². The summed E-state index contributed by atoms with van der Waals surface area (Å²) in [6.45, 7) is 2.12. The van der Waals surface area contributed by atoms with Gasteiger partial charge in [-0.1, -0.05) is 12.1 Å². The lowest BCUT2D eigenvalue weighted by Gasteiger charge is -2.44. The highest BCUT2D eigenvalue weighted by molar-refractivity contribution is 7.92. The fourth-order valence-corrected chi connectivity index (χ4v) is 8.03. The fraction of sp³-hybridized carbons (Fsp3) is 0.333. The van der Waals surface area contributed by atoms with Gasteiger partial charge in [0, 0.05) is 55.5 Å². The van der Waals surface area contributed by atoms with Gasteiger partial charge in [0.15, 0.2) is 11.5 Å². The number of methoxy groups -OCH3 is 4. The Balaban J connectivity index is 1.30. The number of rotatable bonds is 12. The number of sulfonamides is 1. The Labute approximate surface area is 285 Å². The van der Waals surface area contributed by atoms with Crippen molar-refractivity contribution < 1.29 is 32.2 Å². The zero-order chi connectivity index (χ0) is 34.7. The number of carbonyl (C=O) groups excluding carboxylic acids is 1. The molecule has 3 heterocycles. The number of benzene rings is 3. The molecule has 4 aromatic rings. The molecule has 1 saturated heterocycles. The van der Waals surface area contributed by atoms with Crippen LogP contribution in [0.15, 0.2) is 82.5 Å². The molecule has 6 rings (SSSR count). The van der Waals surface area contributed by atoms with Crippen LogP contribution in [0.25, 0.3) is 0 Å². The maximum absolute atomic E-state index is 14.0. The van der Waals surface area contributed by atoms with Crippen molar-refractivity contribution in [1.82, 2.24) is 9.88 Å². The number of fused-ring (bicyclic) bond motifs is 4. The Hall–Kier alpha value is -5.17. The Morgan fingerprint density at radius 2 is 1.61 bits per heavy atom. The monoisotopic (exact) mass is 688 g/mol. The first kappa shape index (κ1) is 33.7. The van der Waals surface area contributed by atoms with E-state index in [2.05, 4.69) is 14.9 Å². The maximum Gasteiger partial charge on any atom is 0.265 e. The maximum atomic E-state index is 14.0. The largest absolute Gasteiger partial charge is 0.497 e. The average Bonchev–Trinajstić information content (AvgIpc) is 3.11. The van der Waals surface area contributed by atoms with Crippen LogP contribution in [0, 0.1) is 5.92 Å². The number of amides is 1. The molecular formula is C36H40N4O8S. The summed E-state index contributed by atoms with van der Waals surface area (Å²) in [5.41, 5.74) is 3.09. The summed E-state index contributed by atoms with van der Waals surface area (Å²) in [6.07, 6.45) is 1.48. The number of aromatic nitrogens is 1. The predicted molar refractivity (Wildman–Crippen MR) is 186 cm³/mol. The number of hydrogen-bond donors (Lipinski definition) is 2. The number of anilines is 2. The highest BCUT2D eigenvalue weighted by Crippen LogP contribution is 2.40. The van der Waals surface area contributed by atoms with Gasteiger partial charge in [0.25, 0.3) is 21.5 Å². The molecule has 1 aromatic heterocycles. The second-order valence-corrected chi connectivity index (χ2v) is 13.8. The molecule has 1 fully saturated rings. The highest BCUT2D eigenvalue weighted by atomic mass is 32.2. The third-order valence-corrected chi connectivity index (χ3v) is 10.5. The first-order chi connectivity index (χ1) is 23.6. The quantitative estimate of drug-likeness (QED) is 0.224. The van der Waals surface area contributed by atoms with Gasteiger partial charge in [-0.15, -0.1) is 0 Å². The molecule has 49 heavy (non-hydrogen) atoms. The van der Waals surface area contributed by atoms with Crippen LogP contribution < -0.4 is 39.4 Å². The topological polar surface area (TPSA) is 137 Å². The molecule has 2 unspecified atom stereocenters. The Morgan fingerprint density at radius 3 is 2.37 bits per heavy atom. The van der Waals surface area contributed by atoms with E-state index in [0.717, 1.165) is 17.7 Å². The second kappa shape index (κ2) is 14.1. The van der Waals surface area contributed by atoms with Gasteiger partial charge in [0.05, 0.1) is 39.8 Å². The average molecular weight is 689 g/mol. The number of ether oxygens (including phenoxy) is 4. The van der Waals surface area contributed by atoms with Gasteiger partial charge in [-0.3, -0.25) is 14.3 Å². The molecule has 2 atom stereocenters. The van der Waals surface area contributed by atoms with Gasteiger partial charge in [-0.25, -0.2) is 8.42 Å². The fourth-order valence-electron chi connectivity index (χ4n) is 6.78. The van der Waals surface area contributed by atoms with Gasteiger partial charge in [-0.2, -0.15) is 0 Å². The van der Waals surface area contributed by atoms with Crippen LogP contribution in [-0.4, -0.2) is 67.0 Å². The van der Waals surface area contributed by atoms with E-state index in [1.54, 1.807) is 50.6 Å². The van der Waals surface area contributed by atoms with Gasteiger partial charge in [0.1, 0.15) is 16.4 Å². The standard InChI is InChI=1S/C36H40N4O8S/c1-45-27-10-13-32(47-3)34(19-27)49(43,44)38-28-18-25(36(42)37-15-14-23-8-12-31(46-2)33(17-23)48-4)9-11-30(28)39-20-24-16-26(22-39)29-6-5-7-35(41)40(29)21-24/h5-13,17-19,24,26,38H,14-16,20-22H2,1-4H3,(H,37,42). The zero-order valence-corrected chi connectivity index (χ0v) is 28.7. The Kier molecular flexibility index (Phi) is 9.72. The lowest BCUT2D eigenvalue weighted by Crippen LogP contribution is -2.47. The number of carbonyl (C=O) groups is 1. The van der Waals surface area contributed by atoms with Crippen molar-refractivity contribution in [2.24, 2.45) is 5.92 Å². The summed E-state index contributed by atoms with van der Waals surface area (Å²) in [5, 5.41) is 2.95. The Morgan fingerprint density at radius 1 is 0.837 bits per heavy atom. The molecule has 2 aliphatic rings. The third-order valence-electron chi connectivity index (χ3n) is 9.13. The lowest BCUT2D eigenvalue weighted by molar-refractivity contribution is 0.0954. The number of nitrogens with zero attached hydrogens (tertiary/aromatic N) is 2. The van der Waals surface area contributed by atoms with Crippen LogP contribution in [0.1, 0.15) is 34.0 Å². The van der Waals surface area contributed by atoms with E-state index in [1.807, 2.05) is 28.8 Å².